The van der Waals surface area contributed by atoms with Crippen LogP contribution in [0.25, 0.3) is 10.2 Å². The Labute approximate surface area is 117 Å². The molecule has 0 fully saturated rings. The first-order chi connectivity index (χ1) is 9.16. The fraction of sp³-hybridized carbons (Fsp3) is 0. The average Bonchev–Trinajstić information content (AvgIpc) is 2.77. The molecule has 0 unspecified atom stereocenters. The molecule has 0 aliphatic carbocycles. The monoisotopic (exact) mass is 318 g/mol. The summed E-state index contributed by atoms with van der Waals surface area (Å²) in [7, 11) is 0. The van der Waals surface area contributed by atoms with E-state index in [0.717, 1.165) is 11.1 Å². The average molecular weight is 319 g/mol. The minimum Gasteiger partial charge on any atom is -0.421 e. The van der Waals surface area contributed by atoms with Gasteiger partial charge in [-0.1, -0.05) is 30.3 Å². The molecule has 2 aromatic rings. The molecular formula is C15H8BrFO2. The highest BCUT2D eigenvalue weighted by Gasteiger charge is 2.28. The lowest BCUT2D eigenvalue weighted by Crippen LogP contribution is -1.92. The second kappa shape index (κ2) is 4.63. The van der Waals surface area contributed by atoms with Crippen molar-refractivity contribution in [2.45, 2.75) is 0 Å². The van der Waals surface area contributed by atoms with Crippen molar-refractivity contribution >= 4 is 32.1 Å². The molecule has 1 aliphatic rings. The lowest BCUT2D eigenvalue weighted by molar-refractivity contribution is 0.0717. The summed E-state index contributed by atoms with van der Waals surface area (Å²) < 4.78 is 18.8. The molecule has 0 saturated heterocycles. The van der Waals surface area contributed by atoms with E-state index in [-0.39, 0.29) is 11.8 Å². The molecule has 0 saturated carbocycles. The maximum atomic E-state index is 12.9. The van der Waals surface area contributed by atoms with E-state index in [9.17, 15) is 9.18 Å². The fourth-order valence-corrected chi connectivity index (χ4v) is 2.51. The van der Waals surface area contributed by atoms with Crippen molar-refractivity contribution in [2.24, 2.45) is 0 Å². The number of rotatable bonds is 1. The van der Waals surface area contributed by atoms with Crippen LogP contribution in [0.2, 0.25) is 0 Å². The summed E-state index contributed by atoms with van der Waals surface area (Å²) in [5, 5.41) is 0. The fourth-order valence-electron chi connectivity index (χ4n) is 1.95. The molecule has 19 heavy (non-hydrogen) atoms. The van der Waals surface area contributed by atoms with Crippen LogP contribution in [0.3, 0.4) is 0 Å². The van der Waals surface area contributed by atoms with Crippen LogP contribution in [0, 0.1) is 5.82 Å². The number of hydrogen-bond donors (Lipinski definition) is 0. The Morgan fingerprint density at radius 2 is 1.63 bits per heavy atom. The van der Waals surface area contributed by atoms with E-state index in [1.165, 1.54) is 12.1 Å². The van der Waals surface area contributed by atoms with Gasteiger partial charge in [-0.2, -0.15) is 0 Å². The summed E-state index contributed by atoms with van der Waals surface area (Å²) in [6, 6.07) is 13.1. The molecule has 1 aliphatic heterocycles. The number of esters is 1. The molecule has 0 atom stereocenters. The maximum Gasteiger partial charge on any atom is 0.344 e. The van der Waals surface area contributed by atoms with Crippen LogP contribution < -0.4 is 0 Å². The molecule has 0 N–H and O–H groups in total. The topological polar surface area (TPSA) is 26.3 Å². The van der Waals surface area contributed by atoms with Gasteiger partial charge in [0.15, 0.2) is 5.76 Å². The van der Waals surface area contributed by atoms with Crippen LogP contribution in [-0.2, 0) is 4.74 Å². The van der Waals surface area contributed by atoms with Crippen LogP contribution >= 0.6 is 15.9 Å². The summed E-state index contributed by atoms with van der Waals surface area (Å²) >= 11 is 3.41. The Balaban J connectivity index is 2.14. The van der Waals surface area contributed by atoms with E-state index in [1.54, 1.807) is 24.3 Å². The van der Waals surface area contributed by atoms with Crippen molar-refractivity contribution in [3.8, 4) is 0 Å². The SMILES string of the molecule is O=C1O/C(=C(\Br)c2ccc(F)cc2)c2ccccc21. The maximum absolute atomic E-state index is 12.9. The molecule has 4 heteroatoms. The van der Waals surface area contributed by atoms with Crippen LogP contribution in [0.5, 0.6) is 0 Å². The molecule has 0 bridgehead atoms. The van der Waals surface area contributed by atoms with Gasteiger partial charge in [0.25, 0.3) is 0 Å². The predicted molar refractivity (Wildman–Crippen MR) is 74.0 cm³/mol. The van der Waals surface area contributed by atoms with Gasteiger partial charge < -0.3 is 4.74 Å². The zero-order chi connectivity index (χ0) is 13.4. The van der Waals surface area contributed by atoms with Gasteiger partial charge in [-0.05, 0) is 39.7 Å². The molecule has 0 amide bonds. The molecular weight excluding hydrogens is 311 g/mol. The Bertz CT molecular complexity index is 690. The number of cyclic esters (lactones) is 1. The summed E-state index contributed by atoms with van der Waals surface area (Å²) in [6.45, 7) is 0. The third-order valence-electron chi connectivity index (χ3n) is 2.88. The van der Waals surface area contributed by atoms with E-state index < -0.39 is 0 Å². The molecule has 3 rings (SSSR count). The van der Waals surface area contributed by atoms with E-state index in [2.05, 4.69) is 15.9 Å². The van der Waals surface area contributed by atoms with Crippen molar-refractivity contribution in [3.05, 3.63) is 71.0 Å². The van der Waals surface area contributed by atoms with Gasteiger partial charge >= 0.3 is 5.97 Å². The van der Waals surface area contributed by atoms with Gasteiger partial charge in [-0.15, -0.1) is 0 Å². The number of ether oxygens (including phenoxy) is 1. The zero-order valence-electron chi connectivity index (χ0n) is 9.69. The Kier molecular flexibility index (Phi) is 2.95. The van der Waals surface area contributed by atoms with Gasteiger partial charge in [0, 0.05) is 5.56 Å². The van der Waals surface area contributed by atoms with Gasteiger partial charge in [0.1, 0.15) is 5.82 Å². The third-order valence-corrected chi connectivity index (χ3v) is 3.70. The molecule has 0 aromatic heterocycles. The first kappa shape index (κ1) is 12.1. The number of benzene rings is 2. The molecule has 94 valence electrons. The van der Waals surface area contributed by atoms with Crippen molar-refractivity contribution in [1.29, 1.82) is 0 Å². The standard InChI is InChI=1S/C15H8BrFO2/c16-13(9-5-7-10(17)8-6-9)14-11-3-1-2-4-12(11)15(18)19-14/h1-8H/b14-13-. The van der Waals surface area contributed by atoms with E-state index in [4.69, 9.17) is 4.74 Å². The van der Waals surface area contributed by atoms with Gasteiger partial charge in [-0.25, -0.2) is 9.18 Å². The highest BCUT2D eigenvalue weighted by Crippen LogP contribution is 2.38. The van der Waals surface area contributed by atoms with E-state index >= 15 is 0 Å². The first-order valence-electron chi connectivity index (χ1n) is 5.64. The van der Waals surface area contributed by atoms with Crippen molar-refractivity contribution < 1.29 is 13.9 Å². The number of carbonyl (C=O) groups excluding carboxylic acids is 1. The lowest BCUT2D eigenvalue weighted by Gasteiger charge is -2.04. The Morgan fingerprint density at radius 3 is 2.32 bits per heavy atom. The van der Waals surface area contributed by atoms with Crippen molar-refractivity contribution in [3.63, 3.8) is 0 Å². The number of fused-ring (bicyclic) bond motifs is 1. The normalized spacial score (nSPS) is 16.0. The largest absolute Gasteiger partial charge is 0.421 e. The number of hydrogen-bond acceptors (Lipinski definition) is 2. The van der Waals surface area contributed by atoms with Crippen LogP contribution in [0.1, 0.15) is 21.5 Å². The van der Waals surface area contributed by atoms with Crippen LogP contribution in [0.15, 0.2) is 48.5 Å². The highest BCUT2D eigenvalue weighted by atomic mass is 79.9. The molecule has 0 radical (unpaired) electrons. The predicted octanol–water partition coefficient (Wildman–Crippen LogP) is 4.22. The first-order valence-corrected chi connectivity index (χ1v) is 6.43. The van der Waals surface area contributed by atoms with Gasteiger partial charge in [-0.3, -0.25) is 0 Å². The summed E-state index contributed by atoms with van der Waals surface area (Å²) in [5.41, 5.74) is 2.03. The zero-order valence-corrected chi connectivity index (χ0v) is 11.3. The van der Waals surface area contributed by atoms with Crippen molar-refractivity contribution in [1.82, 2.24) is 0 Å². The quantitative estimate of drug-likeness (QED) is 0.736. The van der Waals surface area contributed by atoms with E-state index in [1.807, 2.05) is 12.1 Å². The molecule has 2 aromatic carbocycles. The minimum absolute atomic E-state index is 0.308. The number of carbonyl (C=O) groups is 1. The Hall–Kier alpha value is -1.94. The van der Waals surface area contributed by atoms with Crippen LogP contribution in [0.4, 0.5) is 4.39 Å². The Morgan fingerprint density at radius 1 is 1.00 bits per heavy atom. The second-order valence-electron chi connectivity index (χ2n) is 4.09. The molecule has 0 spiro atoms. The van der Waals surface area contributed by atoms with Crippen LogP contribution in [-0.4, -0.2) is 5.97 Å². The molecule has 2 nitrogen and oxygen atoms in total. The van der Waals surface area contributed by atoms with E-state index in [0.29, 0.717) is 15.8 Å². The number of halogens is 2. The summed E-state index contributed by atoms with van der Waals surface area (Å²) in [5.74, 6) is -0.213. The van der Waals surface area contributed by atoms with Gasteiger partial charge in [0.05, 0.1) is 10.0 Å². The third kappa shape index (κ3) is 2.08. The minimum atomic E-state index is -0.371. The lowest BCUT2D eigenvalue weighted by atomic mass is 10.1. The molecule has 1 heterocycles. The summed E-state index contributed by atoms with van der Waals surface area (Å²) in [4.78, 5) is 11.7. The van der Waals surface area contributed by atoms with Crippen molar-refractivity contribution in [2.75, 3.05) is 0 Å². The summed E-state index contributed by atoms with van der Waals surface area (Å²) in [6.07, 6.45) is 0. The second-order valence-corrected chi connectivity index (χ2v) is 4.88. The van der Waals surface area contributed by atoms with Gasteiger partial charge in [0.2, 0.25) is 0 Å². The highest BCUT2D eigenvalue weighted by molar-refractivity contribution is 9.15. The smallest absolute Gasteiger partial charge is 0.344 e.